The number of thioether (sulfide) groups is 1. The number of halogens is 2. The van der Waals surface area contributed by atoms with Gasteiger partial charge >= 0.3 is 5.97 Å². The van der Waals surface area contributed by atoms with Crippen LogP contribution in [0.5, 0.6) is 11.5 Å². The first-order chi connectivity index (χ1) is 14.8. The molecule has 2 aromatic carbocycles. The van der Waals surface area contributed by atoms with Crippen LogP contribution in [0.3, 0.4) is 0 Å². The Morgan fingerprint density at radius 3 is 2.61 bits per heavy atom. The molecule has 1 aliphatic heterocycles. The van der Waals surface area contributed by atoms with Crippen LogP contribution < -0.4 is 9.47 Å². The topological polar surface area (TPSA) is 93.1 Å². The van der Waals surface area contributed by atoms with Gasteiger partial charge in [-0.1, -0.05) is 34.1 Å². The van der Waals surface area contributed by atoms with E-state index in [4.69, 9.17) is 14.6 Å². The number of carboxylic acids is 1. The first-order valence-corrected chi connectivity index (χ1v) is 10.7. The van der Waals surface area contributed by atoms with Crippen molar-refractivity contribution in [2.24, 2.45) is 0 Å². The second-order valence-electron chi connectivity index (χ2n) is 6.30. The number of hydrogen-bond donors (Lipinski definition) is 1. The molecule has 0 aromatic heterocycles. The van der Waals surface area contributed by atoms with Crippen LogP contribution in [0.4, 0.5) is 9.18 Å². The standard InChI is InChI=1S/C21H17BrFNO6S/c1-2-29-16-7-13(8-18-20(27)24(10-19(25)26)21(28)31-18)14(22)9-17(16)30-11-12-5-3-4-6-15(12)23/h3-9H,2,10-11H2,1H3,(H,25,26)/b18-8+. The average molecular weight is 510 g/mol. The Morgan fingerprint density at radius 1 is 1.23 bits per heavy atom. The van der Waals surface area contributed by atoms with Gasteiger partial charge in [0.25, 0.3) is 11.1 Å². The summed E-state index contributed by atoms with van der Waals surface area (Å²) in [5.41, 5.74) is 0.916. The number of carboxylic acid groups (broad SMARTS) is 1. The third-order valence-corrected chi connectivity index (χ3v) is 5.75. The average Bonchev–Trinajstić information content (AvgIpc) is 2.97. The van der Waals surface area contributed by atoms with Gasteiger partial charge in [-0.05, 0) is 48.5 Å². The molecule has 3 rings (SSSR count). The molecule has 10 heteroatoms. The first-order valence-electron chi connectivity index (χ1n) is 9.09. The smallest absolute Gasteiger partial charge is 0.323 e. The Labute approximate surface area is 189 Å². The quantitative estimate of drug-likeness (QED) is 0.516. The molecule has 0 bridgehead atoms. The SMILES string of the molecule is CCOc1cc(/C=C2/SC(=O)N(CC(=O)O)C2=O)c(Br)cc1OCc1ccccc1F. The monoisotopic (exact) mass is 509 g/mol. The van der Waals surface area contributed by atoms with Crippen molar-refractivity contribution in [1.82, 2.24) is 4.90 Å². The zero-order valence-corrected chi connectivity index (χ0v) is 18.7. The lowest BCUT2D eigenvalue weighted by molar-refractivity contribution is -0.140. The van der Waals surface area contributed by atoms with Gasteiger partial charge in [-0.15, -0.1) is 0 Å². The Morgan fingerprint density at radius 2 is 1.94 bits per heavy atom. The molecular weight excluding hydrogens is 493 g/mol. The molecule has 0 aliphatic carbocycles. The van der Waals surface area contributed by atoms with Gasteiger partial charge < -0.3 is 14.6 Å². The predicted octanol–water partition coefficient (Wildman–Crippen LogP) is 4.69. The van der Waals surface area contributed by atoms with Crippen molar-refractivity contribution in [1.29, 1.82) is 0 Å². The number of imide groups is 1. The summed E-state index contributed by atoms with van der Waals surface area (Å²) in [6.45, 7) is 1.43. The van der Waals surface area contributed by atoms with Crippen LogP contribution in [0.25, 0.3) is 6.08 Å². The van der Waals surface area contributed by atoms with E-state index in [0.29, 0.717) is 50.4 Å². The van der Waals surface area contributed by atoms with Crippen LogP contribution in [0.2, 0.25) is 0 Å². The van der Waals surface area contributed by atoms with Crippen LogP contribution in [0.1, 0.15) is 18.1 Å². The summed E-state index contributed by atoms with van der Waals surface area (Å²) in [4.78, 5) is 36.0. The third-order valence-electron chi connectivity index (χ3n) is 4.16. The van der Waals surface area contributed by atoms with Gasteiger partial charge in [0, 0.05) is 10.0 Å². The molecule has 0 spiro atoms. The minimum Gasteiger partial charge on any atom is -0.490 e. The Bertz CT molecular complexity index is 1070. The van der Waals surface area contributed by atoms with E-state index in [-0.39, 0.29) is 17.3 Å². The molecule has 1 heterocycles. The van der Waals surface area contributed by atoms with Gasteiger partial charge in [-0.3, -0.25) is 19.3 Å². The maximum absolute atomic E-state index is 13.9. The number of amides is 2. The first kappa shape index (κ1) is 22.8. The minimum atomic E-state index is -1.28. The van der Waals surface area contributed by atoms with Crippen molar-refractivity contribution in [3.05, 3.63) is 62.7 Å². The van der Waals surface area contributed by atoms with Crippen molar-refractivity contribution in [2.45, 2.75) is 13.5 Å². The largest absolute Gasteiger partial charge is 0.490 e. The van der Waals surface area contributed by atoms with Crippen LogP contribution in [-0.2, 0) is 16.2 Å². The Balaban J connectivity index is 1.87. The number of nitrogens with zero attached hydrogens (tertiary/aromatic N) is 1. The molecule has 7 nitrogen and oxygen atoms in total. The van der Waals surface area contributed by atoms with E-state index < -0.39 is 23.7 Å². The highest BCUT2D eigenvalue weighted by Crippen LogP contribution is 2.38. The third kappa shape index (κ3) is 5.45. The number of hydrogen-bond acceptors (Lipinski definition) is 6. The number of carbonyl (C=O) groups is 3. The van der Waals surface area contributed by atoms with Crippen molar-refractivity contribution in [2.75, 3.05) is 13.2 Å². The molecule has 0 radical (unpaired) electrons. The Hall–Kier alpha value is -2.85. The lowest BCUT2D eigenvalue weighted by Crippen LogP contribution is -2.33. The van der Waals surface area contributed by atoms with Crippen molar-refractivity contribution < 1.29 is 33.4 Å². The summed E-state index contributed by atoms with van der Waals surface area (Å²) >= 11 is 4.06. The highest BCUT2D eigenvalue weighted by atomic mass is 79.9. The van der Waals surface area contributed by atoms with Crippen molar-refractivity contribution in [3.63, 3.8) is 0 Å². The zero-order valence-electron chi connectivity index (χ0n) is 16.3. The molecule has 1 fully saturated rings. The summed E-state index contributed by atoms with van der Waals surface area (Å²) in [5, 5.41) is 8.22. The molecule has 1 saturated heterocycles. The molecule has 0 saturated carbocycles. The molecule has 1 aliphatic rings. The van der Waals surface area contributed by atoms with Crippen molar-refractivity contribution in [3.8, 4) is 11.5 Å². The Kier molecular flexibility index (Phi) is 7.34. The fourth-order valence-corrected chi connectivity index (χ4v) is 3.99. The molecule has 2 aromatic rings. The van der Waals surface area contributed by atoms with E-state index >= 15 is 0 Å². The van der Waals surface area contributed by atoms with Crippen LogP contribution in [-0.4, -0.2) is 40.3 Å². The van der Waals surface area contributed by atoms with E-state index in [1.54, 1.807) is 37.3 Å². The summed E-state index contributed by atoms with van der Waals surface area (Å²) in [6.07, 6.45) is 1.47. The number of benzene rings is 2. The molecule has 31 heavy (non-hydrogen) atoms. The molecule has 0 atom stereocenters. The normalized spacial score (nSPS) is 14.9. The van der Waals surface area contributed by atoms with Gasteiger partial charge in [0.05, 0.1) is 11.5 Å². The lowest BCUT2D eigenvalue weighted by Gasteiger charge is -2.14. The fourth-order valence-electron chi connectivity index (χ4n) is 2.73. The summed E-state index contributed by atoms with van der Waals surface area (Å²) in [7, 11) is 0. The summed E-state index contributed by atoms with van der Waals surface area (Å²) < 4.78 is 25.8. The maximum atomic E-state index is 13.9. The minimum absolute atomic E-state index is 0.00733. The van der Waals surface area contributed by atoms with Crippen LogP contribution in [0.15, 0.2) is 45.8 Å². The van der Waals surface area contributed by atoms with Gasteiger partial charge in [-0.25, -0.2) is 4.39 Å². The van der Waals surface area contributed by atoms with E-state index in [1.165, 1.54) is 12.1 Å². The molecule has 162 valence electrons. The fraction of sp³-hybridized carbons (Fsp3) is 0.190. The van der Waals surface area contributed by atoms with Gasteiger partial charge in [0.1, 0.15) is 19.0 Å². The van der Waals surface area contributed by atoms with Gasteiger partial charge in [-0.2, -0.15) is 0 Å². The van der Waals surface area contributed by atoms with E-state index in [1.807, 2.05) is 0 Å². The molecule has 0 unspecified atom stereocenters. The molecular formula is C21H17BrFNO6S. The van der Waals surface area contributed by atoms with E-state index in [2.05, 4.69) is 15.9 Å². The highest BCUT2D eigenvalue weighted by molar-refractivity contribution is 9.10. The van der Waals surface area contributed by atoms with E-state index in [0.717, 1.165) is 0 Å². The van der Waals surface area contributed by atoms with Gasteiger partial charge in [0.2, 0.25) is 0 Å². The second kappa shape index (κ2) is 9.97. The van der Waals surface area contributed by atoms with Gasteiger partial charge in [0.15, 0.2) is 11.5 Å². The zero-order chi connectivity index (χ0) is 22.5. The molecule has 2 amide bonds. The lowest BCUT2D eigenvalue weighted by atomic mass is 10.1. The number of ether oxygens (including phenoxy) is 2. The second-order valence-corrected chi connectivity index (χ2v) is 8.14. The predicted molar refractivity (Wildman–Crippen MR) is 116 cm³/mol. The van der Waals surface area contributed by atoms with Crippen molar-refractivity contribution >= 4 is 50.9 Å². The van der Waals surface area contributed by atoms with Crippen LogP contribution in [0, 0.1) is 5.82 Å². The molecule has 1 N–H and O–H groups in total. The number of rotatable bonds is 8. The summed E-state index contributed by atoms with van der Waals surface area (Å²) in [5.74, 6) is -1.60. The number of carbonyl (C=O) groups excluding carboxylic acids is 2. The van der Waals surface area contributed by atoms with E-state index in [9.17, 15) is 18.8 Å². The van der Waals surface area contributed by atoms with Crippen LogP contribution >= 0.6 is 27.7 Å². The maximum Gasteiger partial charge on any atom is 0.323 e. The summed E-state index contributed by atoms with van der Waals surface area (Å²) in [6, 6.07) is 9.51. The number of aliphatic carboxylic acids is 1. The highest BCUT2D eigenvalue weighted by Gasteiger charge is 2.36.